The van der Waals surface area contributed by atoms with E-state index in [0.29, 0.717) is 0 Å². The molecule has 108 valence electrons. The Balaban J connectivity index is 2.27. The number of rotatable bonds is 5. The summed E-state index contributed by atoms with van der Waals surface area (Å²) in [6.45, 7) is 8.30. The number of aryl methyl sites for hydroxylation is 3. The zero-order chi connectivity index (χ0) is 14.7. The topological polar surface area (TPSA) is 38.0 Å². The highest BCUT2D eigenvalue weighted by Crippen LogP contribution is 2.27. The van der Waals surface area contributed by atoms with E-state index < -0.39 is 6.10 Å². The third-order valence-electron chi connectivity index (χ3n) is 3.85. The lowest BCUT2D eigenvalue weighted by Crippen LogP contribution is -2.18. The molecule has 0 aliphatic rings. The van der Waals surface area contributed by atoms with E-state index in [1.807, 2.05) is 35.9 Å². The molecule has 1 aromatic heterocycles. The molecule has 3 heteroatoms. The van der Waals surface area contributed by atoms with Gasteiger partial charge in [0, 0.05) is 5.69 Å². The number of nitrogens with zero attached hydrogens (tertiary/aromatic N) is 2. The first-order valence-corrected chi connectivity index (χ1v) is 7.38. The Kier molecular flexibility index (Phi) is 4.61. The van der Waals surface area contributed by atoms with Gasteiger partial charge in [-0.15, -0.1) is 0 Å². The summed E-state index contributed by atoms with van der Waals surface area (Å²) in [5, 5.41) is 15.2. The van der Waals surface area contributed by atoms with Gasteiger partial charge in [0.15, 0.2) is 0 Å². The molecule has 1 heterocycles. The Hall–Kier alpha value is -1.61. The molecule has 1 N–H and O–H groups in total. The van der Waals surface area contributed by atoms with Gasteiger partial charge < -0.3 is 5.11 Å². The molecule has 0 bridgehead atoms. The van der Waals surface area contributed by atoms with Gasteiger partial charge in [0.05, 0.1) is 11.7 Å². The normalized spacial score (nSPS) is 14.2. The third-order valence-corrected chi connectivity index (χ3v) is 3.85. The van der Waals surface area contributed by atoms with Crippen molar-refractivity contribution in [3.63, 3.8) is 0 Å². The van der Waals surface area contributed by atoms with Gasteiger partial charge in [0.1, 0.15) is 6.10 Å². The van der Waals surface area contributed by atoms with Gasteiger partial charge in [0.25, 0.3) is 0 Å². The van der Waals surface area contributed by atoms with Crippen LogP contribution in [-0.4, -0.2) is 14.9 Å². The Morgan fingerprint density at radius 1 is 1.15 bits per heavy atom. The maximum atomic E-state index is 10.6. The van der Waals surface area contributed by atoms with Crippen LogP contribution in [0.2, 0.25) is 0 Å². The maximum absolute atomic E-state index is 10.6. The summed E-state index contributed by atoms with van der Waals surface area (Å²) in [6, 6.07) is 10.1. The Bertz CT molecular complexity index is 557. The van der Waals surface area contributed by atoms with E-state index in [0.717, 1.165) is 24.1 Å². The van der Waals surface area contributed by atoms with E-state index in [-0.39, 0.29) is 6.04 Å². The highest BCUT2D eigenvalue weighted by Gasteiger charge is 2.21. The number of aromatic nitrogens is 2. The number of aliphatic hydroxyl groups excluding tert-OH is 1. The van der Waals surface area contributed by atoms with Crippen LogP contribution in [-0.2, 0) is 12.8 Å². The first-order valence-electron chi connectivity index (χ1n) is 7.38. The molecule has 0 aliphatic carbocycles. The van der Waals surface area contributed by atoms with Crippen LogP contribution in [0.5, 0.6) is 0 Å². The molecular weight excluding hydrogens is 248 g/mol. The van der Waals surface area contributed by atoms with Crippen molar-refractivity contribution in [1.29, 1.82) is 0 Å². The average molecular weight is 272 g/mol. The minimum Gasteiger partial charge on any atom is -0.386 e. The van der Waals surface area contributed by atoms with E-state index in [9.17, 15) is 5.11 Å². The minimum atomic E-state index is -0.537. The van der Waals surface area contributed by atoms with E-state index >= 15 is 0 Å². The van der Waals surface area contributed by atoms with Crippen LogP contribution in [0.25, 0.3) is 0 Å². The van der Waals surface area contributed by atoms with Gasteiger partial charge in [-0.3, -0.25) is 4.68 Å². The molecule has 0 radical (unpaired) electrons. The van der Waals surface area contributed by atoms with Crippen LogP contribution >= 0.6 is 0 Å². The number of benzene rings is 1. The minimum absolute atomic E-state index is 0.0621. The van der Waals surface area contributed by atoms with Crippen molar-refractivity contribution in [3.05, 3.63) is 52.8 Å². The summed E-state index contributed by atoms with van der Waals surface area (Å²) < 4.78 is 1.98. The fourth-order valence-corrected chi connectivity index (χ4v) is 2.46. The van der Waals surface area contributed by atoms with Crippen molar-refractivity contribution >= 4 is 0 Å². The first kappa shape index (κ1) is 14.8. The Morgan fingerprint density at radius 3 is 2.35 bits per heavy atom. The molecule has 2 unspecified atom stereocenters. The molecule has 3 nitrogen and oxygen atoms in total. The van der Waals surface area contributed by atoms with E-state index in [4.69, 9.17) is 0 Å². The molecule has 0 fully saturated rings. The predicted octanol–water partition coefficient (Wildman–Crippen LogP) is 3.61. The van der Waals surface area contributed by atoms with E-state index in [1.54, 1.807) is 0 Å². The van der Waals surface area contributed by atoms with Gasteiger partial charge >= 0.3 is 0 Å². The number of hydrogen-bond donors (Lipinski definition) is 1. The lowest BCUT2D eigenvalue weighted by Gasteiger charge is -2.22. The number of hydrogen-bond acceptors (Lipinski definition) is 2. The monoisotopic (exact) mass is 272 g/mol. The van der Waals surface area contributed by atoms with Gasteiger partial charge in [-0.25, -0.2) is 0 Å². The standard InChI is InChI=1S/C17H24N2O/c1-5-15-11-16(6-2)19(18-15)13(4)17(20)14-9-7-12(3)8-10-14/h7-11,13,17,20H,5-6H2,1-4H3. The van der Waals surface area contributed by atoms with Gasteiger partial charge in [0.2, 0.25) is 0 Å². The molecule has 2 atom stereocenters. The molecule has 1 aromatic carbocycles. The summed E-state index contributed by atoms with van der Waals surface area (Å²) in [6.07, 6.45) is 1.32. The summed E-state index contributed by atoms with van der Waals surface area (Å²) in [4.78, 5) is 0. The fraction of sp³-hybridized carbons (Fsp3) is 0.471. The van der Waals surface area contributed by atoms with Crippen molar-refractivity contribution < 1.29 is 5.11 Å². The van der Waals surface area contributed by atoms with Crippen LogP contribution in [0.1, 0.15) is 55.4 Å². The molecular formula is C17H24N2O. The highest BCUT2D eigenvalue weighted by atomic mass is 16.3. The highest BCUT2D eigenvalue weighted by molar-refractivity contribution is 5.24. The van der Waals surface area contributed by atoms with E-state index in [1.165, 1.54) is 11.3 Å². The quantitative estimate of drug-likeness (QED) is 0.903. The van der Waals surface area contributed by atoms with Crippen LogP contribution in [0, 0.1) is 6.92 Å². The first-order chi connectivity index (χ1) is 9.56. The molecule has 20 heavy (non-hydrogen) atoms. The summed E-state index contributed by atoms with van der Waals surface area (Å²) in [5.41, 5.74) is 4.42. The summed E-state index contributed by atoms with van der Waals surface area (Å²) in [7, 11) is 0. The smallest absolute Gasteiger partial charge is 0.101 e. The Morgan fingerprint density at radius 2 is 1.80 bits per heavy atom. The second kappa shape index (κ2) is 6.23. The van der Waals surface area contributed by atoms with Gasteiger partial charge in [-0.2, -0.15) is 5.10 Å². The average Bonchev–Trinajstić information content (AvgIpc) is 2.90. The zero-order valence-electron chi connectivity index (χ0n) is 12.8. The second-order valence-electron chi connectivity index (χ2n) is 5.37. The molecule has 2 rings (SSSR count). The van der Waals surface area contributed by atoms with Crippen molar-refractivity contribution in [2.75, 3.05) is 0 Å². The van der Waals surface area contributed by atoms with Gasteiger partial charge in [-0.1, -0.05) is 43.7 Å². The summed E-state index contributed by atoms with van der Waals surface area (Å²) in [5.74, 6) is 0. The van der Waals surface area contributed by atoms with Crippen LogP contribution in [0.15, 0.2) is 30.3 Å². The SMILES string of the molecule is CCc1cc(CC)n(C(C)C(O)c2ccc(C)cc2)n1. The third kappa shape index (κ3) is 2.93. The Labute approximate surface area is 121 Å². The van der Waals surface area contributed by atoms with Crippen molar-refractivity contribution in [2.24, 2.45) is 0 Å². The van der Waals surface area contributed by atoms with Crippen molar-refractivity contribution in [1.82, 2.24) is 9.78 Å². The van der Waals surface area contributed by atoms with Crippen molar-refractivity contribution in [2.45, 2.75) is 52.7 Å². The zero-order valence-corrected chi connectivity index (χ0v) is 12.8. The molecule has 0 aliphatic heterocycles. The molecule has 0 saturated carbocycles. The summed E-state index contributed by atoms with van der Waals surface area (Å²) >= 11 is 0. The molecule has 0 spiro atoms. The van der Waals surface area contributed by atoms with Gasteiger partial charge in [-0.05, 0) is 38.3 Å². The maximum Gasteiger partial charge on any atom is 0.101 e. The molecule has 2 aromatic rings. The molecule has 0 amide bonds. The van der Waals surface area contributed by atoms with Crippen LogP contribution in [0.3, 0.4) is 0 Å². The fourth-order valence-electron chi connectivity index (χ4n) is 2.46. The van der Waals surface area contributed by atoms with Crippen molar-refractivity contribution in [3.8, 4) is 0 Å². The largest absolute Gasteiger partial charge is 0.386 e. The van der Waals surface area contributed by atoms with Crippen LogP contribution in [0.4, 0.5) is 0 Å². The lowest BCUT2D eigenvalue weighted by atomic mass is 10.0. The number of aliphatic hydroxyl groups is 1. The second-order valence-corrected chi connectivity index (χ2v) is 5.37. The predicted molar refractivity (Wildman–Crippen MR) is 81.8 cm³/mol. The lowest BCUT2D eigenvalue weighted by molar-refractivity contribution is 0.114. The molecule has 0 saturated heterocycles. The van der Waals surface area contributed by atoms with Crippen LogP contribution < -0.4 is 0 Å². The van der Waals surface area contributed by atoms with E-state index in [2.05, 4.69) is 31.9 Å².